The molecule has 0 saturated carbocycles. The first-order valence-corrected chi connectivity index (χ1v) is 11.3. The lowest BCUT2D eigenvalue weighted by atomic mass is 10.1. The van der Waals surface area contributed by atoms with E-state index in [0.29, 0.717) is 23.6 Å². The normalized spacial score (nSPS) is 16.6. The first kappa shape index (κ1) is 20.7. The number of anilines is 1. The van der Waals surface area contributed by atoms with Crippen LogP contribution in [0.5, 0.6) is 5.75 Å². The number of para-hydroxylation sites is 1. The Kier molecular flexibility index (Phi) is 5.52. The van der Waals surface area contributed by atoms with Crippen molar-refractivity contribution in [2.24, 2.45) is 0 Å². The van der Waals surface area contributed by atoms with E-state index in [1.54, 1.807) is 72.8 Å². The quantitative estimate of drug-likeness (QED) is 0.620. The standard InChI is InChI=1S/C24H21NO5S/c1-2-30-19-15-13-17(14-16-19)21-23(31(28,29)20-11-7-4-8-12-20)22(26)24(27)25(21)18-9-5-3-6-10-18/h3-16,21,26H,2H2,1H3/t21-/m0/s1. The molecule has 0 aliphatic carbocycles. The van der Waals surface area contributed by atoms with E-state index in [-0.39, 0.29) is 9.80 Å². The van der Waals surface area contributed by atoms with Crippen molar-refractivity contribution in [2.75, 3.05) is 11.5 Å². The van der Waals surface area contributed by atoms with Crippen molar-refractivity contribution >= 4 is 21.4 Å². The van der Waals surface area contributed by atoms with Gasteiger partial charge in [0.1, 0.15) is 16.7 Å². The molecule has 6 nitrogen and oxygen atoms in total. The van der Waals surface area contributed by atoms with E-state index >= 15 is 0 Å². The third kappa shape index (κ3) is 3.68. The van der Waals surface area contributed by atoms with Gasteiger partial charge in [0.05, 0.1) is 11.5 Å². The SMILES string of the molecule is CCOc1ccc([C@H]2C(S(=O)(=O)c3ccccc3)=C(O)C(=O)N2c2ccccc2)cc1. The van der Waals surface area contributed by atoms with Crippen molar-refractivity contribution in [3.63, 3.8) is 0 Å². The summed E-state index contributed by atoms with van der Waals surface area (Å²) in [6.45, 7) is 2.36. The number of benzene rings is 3. The maximum atomic E-state index is 13.5. The van der Waals surface area contributed by atoms with Crippen molar-refractivity contribution < 1.29 is 23.1 Å². The number of hydrogen-bond acceptors (Lipinski definition) is 5. The summed E-state index contributed by atoms with van der Waals surface area (Å²) in [6.07, 6.45) is 0. The highest BCUT2D eigenvalue weighted by atomic mass is 32.2. The van der Waals surface area contributed by atoms with Gasteiger partial charge in [0.25, 0.3) is 5.91 Å². The van der Waals surface area contributed by atoms with Crippen LogP contribution in [0.4, 0.5) is 5.69 Å². The number of aliphatic hydroxyl groups is 1. The minimum absolute atomic E-state index is 0.00944. The molecule has 1 heterocycles. The molecule has 0 radical (unpaired) electrons. The van der Waals surface area contributed by atoms with Gasteiger partial charge in [-0.15, -0.1) is 0 Å². The second-order valence-corrected chi connectivity index (χ2v) is 8.86. The van der Waals surface area contributed by atoms with Gasteiger partial charge in [0.15, 0.2) is 5.76 Å². The molecule has 3 aromatic rings. The van der Waals surface area contributed by atoms with Crippen LogP contribution in [0.25, 0.3) is 0 Å². The number of rotatable bonds is 6. The summed E-state index contributed by atoms with van der Waals surface area (Å²) in [5, 5.41) is 10.7. The average molecular weight is 436 g/mol. The summed E-state index contributed by atoms with van der Waals surface area (Å²) in [5.41, 5.74) is 1.02. The van der Waals surface area contributed by atoms with Gasteiger partial charge in [-0.05, 0) is 48.9 Å². The highest BCUT2D eigenvalue weighted by molar-refractivity contribution is 7.95. The maximum Gasteiger partial charge on any atom is 0.295 e. The Balaban J connectivity index is 1.90. The fourth-order valence-corrected chi connectivity index (χ4v) is 5.30. The molecular weight excluding hydrogens is 414 g/mol. The minimum Gasteiger partial charge on any atom is -0.502 e. The summed E-state index contributed by atoms with van der Waals surface area (Å²) in [7, 11) is -4.14. The smallest absolute Gasteiger partial charge is 0.295 e. The number of ether oxygens (including phenoxy) is 1. The van der Waals surface area contributed by atoms with E-state index in [4.69, 9.17) is 4.74 Å². The molecule has 0 fully saturated rings. The summed E-state index contributed by atoms with van der Waals surface area (Å²) >= 11 is 0. The van der Waals surface area contributed by atoms with Crippen molar-refractivity contribution in [1.82, 2.24) is 0 Å². The van der Waals surface area contributed by atoms with Crippen molar-refractivity contribution in [3.05, 3.63) is 101 Å². The van der Waals surface area contributed by atoms with E-state index in [9.17, 15) is 18.3 Å². The van der Waals surface area contributed by atoms with Gasteiger partial charge in [-0.1, -0.05) is 48.5 Å². The molecule has 0 aromatic heterocycles. The summed E-state index contributed by atoms with van der Waals surface area (Å²) < 4.78 is 32.5. The predicted octanol–water partition coefficient (Wildman–Crippen LogP) is 4.42. The third-order valence-corrected chi connectivity index (χ3v) is 6.93. The van der Waals surface area contributed by atoms with Gasteiger partial charge >= 0.3 is 0 Å². The molecule has 4 rings (SSSR count). The zero-order chi connectivity index (χ0) is 22.0. The second-order valence-electron chi connectivity index (χ2n) is 6.94. The van der Waals surface area contributed by atoms with Crippen molar-refractivity contribution in [1.29, 1.82) is 0 Å². The maximum absolute atomic E-state index is 13.5. The lowest BCUT2D eigenvalue weighted by Crippen LogP contribution is -2.31. The summed E-state index contributed by atoms with van der Waals surface area (Å²) in [4.78, 5) is 14.1. The molecule has 31 heavy (non-hydrogen) atoms. The largest absolute Gasteiger partial charge is 0.502 e. The van der Waals surface area contributed by atoms with Crippen LogP contribution in [0.3, 0.4) is 0 Å². The van der Waals surface area contributed by atoms with E-state index in [1.807, 2.05) is 6.92 Å². The van der Waals surface area contributed by atoms with Gasteiger partial charge in [0, 0.05) is 5.69 Å². The predicted molar refractivity (Wildman–Crippen MR) is 118 cm³/mol. The number of nitrogens with zero attached hydrogens (tertiary/aromatic N) is 1. The van der Waals surface area contributed by atoms with E-state index in [0.717, 1.165) is 0 Å². The Hall–Kier alpha value is -3.58. The van der Waals surface area contributed by atoms with Crippen LogP contribution in [0.2, 0.25) is 0 Å². The van der Waals surface area contributed by atoms with E-state index < -0.39 is 27.5 Å². The van der Waals surface area contributed by atoms with Gasteiger partial charge in [0.2, 0.25) is 9.84 Å². The van der Waals surface area contributed by atoms with Gasteiger partial charge in [-0.25, -0.2) is 8.42 Å². The van der Waals surface area contributed by atoms with Crippen LogP contribution < -0.4 is 9.64 Å². The Bertz CT molecular complexity index is 1220. The van der Waals surface area contributed by atoms with Crippen LogP contribution >= 0.6 is 0 Å². The Labute approximate surface area is 180 Å². The summed E-state index contributed by atoms with van der Waals surface area (Å²) in [5.74, 6) is -0.909. The van der Waals surface area contributed by atoms with Gasteiger partial charge in [-0.3, -0.25) is 9.69 Å². The lowest BCUT2D eigenvalue weighted by Gasteiger charge is -2.27. The lowest BCUT2D eigenvalue weighted by molar-refractivity contribution is -0.117. The number of carbonyl (C=O) groups is 1. The number of sulfone groups is 1. The molecule has 0 unspecified atom stereocenters. The average Bonchev–Trinajstić information content (AvgIpc) is 3.07. The third-order valence-electron chi connectivity index (χ3n) is 5.05. The highest BCUT2D eigenvalue weighted by Gasteiger charge is 2.47. The van der Waals surface area contributed by atoms with Crippen LogP contribution in [0, 0.1) is 0 Å². The van der Waals surface area contributed by atoms with Crippen LogP contribution in [0.1, 0.15) is 18.5 Å². The first-order valence-electron chi connectivity index (χ1n) is 9.79. The Morgan fingerprint density at radius 1 is 0.903 bits per heavy atom. The van der Waals surface area contributed by atoms with E-state index in [1.165, 1.54) is 17.0 Å². The zero-order valence-corrected chi connectivity index (χ0v) is 17.6. The number of aliphatic hydroxyl groups excluding tert-OH is 1. The van der Waals surface area contributed by atoms with Crippen LogP contribution in [-0.2, 0) is 14.6 Å². The molecule has 1 N–H and O–H groups in total. The second kappa shape index (κ2) is 8.28. The van der Waals surface area contributed by atoms with Crippen LogP contribution in [0.15, 0.2) is 100 Å². The summed E-state index contributed by atoms with van der Waals surface area (Å²) in [6, 6.07) is 22.3. The van der Waals surface area contributed by atoms with Crippen LogP contribution in [-0.4, -0.2) is 26.0 Å². The topological polar surface area (TPSA) is 83.9 Å². The van der Waals surface area contributed by atoms with Gasteiger partial charge < -0.3 is 9.84 Å². The molecule has 3 aromatic carbocycles. The first-order chi connectivity index (χ1) is 14.9. The Morgan fingerprint density at radius 2 is 1.48 bits per heavy atom. The molecule has 7 heteroatoms. The van der Waals surface area contributed by atoms with Gasteiger partial charge in [-0.2, -0.15) is 0 Å². The molecule has 0 saturated heterocycles. The highest BCUT2D eigenvalue weighted by Crippen LogP contribution is 2.44. The number of carbonyl (C=O) groups excluding carboxylic acids is 1. The molecule has 158 valence electrons. The number of hydrogen-bond donors (Lipinski definition) is 1. The van der Waals surface area contributed by atoms with Crippen molar-refractivity contribution in [2.45, 2.75) is 17.9 Å². The molecule has 1 amide bonds. The van der Waals surface area contributed by atoms with Crippen molar-refractivity contribution in [3.8, 4) is 5.75 Å². The zero-order valence-electron chi connectivity index (χ0n) is 16.8. The Morgan fingerprint density at radius 3 is 2.06 bits per heavy atom. The molecular formula is C24H21NO5S. The molecule has 1 aliphatic heterocycles. The number of amides is 1. The minimum atomic E-state index is -4.14. The monoisotopic (exact) mass is 435 g/mol. The van der Waals surface area contributed by atoms with E-state index in [2.05, 4.69) is 0 Å². The fourth-order valence-electron chi connectivity index (χ4n) is 3.65. The molecule has 1 atom stereocenters. The molecule has 0 spiro atoms. The fraction of sp³-hybridized carbons (Fsp3) is 0.125. The molecule has 1 aliphatic rings. The molecule has 0 bridgehead atoms.